The zero-order valence-corrected chi connectivity index (χ0v) is 47.8. The molecule has 0 radical (unpaired) electrons. The van der Waals surface area contributed by atoms with Crippen LogP contribution in [-0.2, 0) is 36.7 Å². The Labute approximate surface area is 424 Å². The van der Waals surface area contributed by atoms with Gasteiger partial charge in [0.2, 0.25) is 0 Å². The van der Waals surface area contributed by atoms with E-state index in [0.29, 0.717) is 70.4 Å². The molecule has 69 heavy (non-hydrogen) atoms. The molecule has 1 aromatic heterocycles. The van der Waals surface area contributed by atoms with Crippen molar-refractivity contribution in [2.75, 3.05) is 6.61 Å². The summed E-state index contributed by atoms with van der Waals surface area (Å²) in [6.45, 7) is 37.7. The topological polar surface area (TPSA) is 103 Å². The van der Waals surface area contributed by atoms with Crippen LogP contribution in [0.25, 0.3) is 0 Å². The molecule has 2 heterocycles. The van der Waals surface area contributed by atoms with Gasteiger partial charge in [0, 0.05) is 38.0 Å². The van der Waals surface area contributed by atoms with Gasteiger partial charge in [0.1, 0.15) is 17.6 Å². The van der Waals surface area contributed by atoms with Gasteiger partial charge in [-0.1, -0.05) is 108 Å². The number of rotatable bonds is 4. The molecule has 7 heteroatoms. The number of furan rings is 1. The standard InChI is InChI=1S/C12H22O2.C10H18O.C10H14O.C10H20O.C10H18O.C10H16O/c1-8(2)11-6-5-9(3)7-12(11)14-10(4)13;1-8-3-5-10(6-4-8)9(2)7-11-10;1-7-3-4-9-8(2)6-11-10(9)5-7;3*1-7(2)9-5-4-8(3)6-10(9)11/h8-9,11-12H,5-7H2,1-4H3;8-9H,3-7H2,1-2H3;6-7H,3-5H2,1-2H3;7-11H,4-6H2,1-3H3;7-9H,4-6H2,1-3H3;8H,4-6H2,1-3H3. The van der Waals surface area contributed by atoms with Gasteiger partial charge in [0.05, 0.1) is 24.6 Å². The van der Waals surface area contributed by atoms with E-state index in [-0.39, 0.29) is 18.2 Å². The number of carbonyl (C=O) groups excluding carboxylic acids is 3. The number of hydrogen-bond donors (Lipinski definition) is 1. The smallest absolute Gasteiger partial charge is 0.302 e. The molecular formula is C62H108O7. The molecule has 6 aliphatic carbocycles. The van der Waals surface area contributed by atoms with Crippen molar-refractivity contribution in [2.45, 2.75) is 258 Å². The molecule has 5 saturated carbocycles. The number of allylic oxidation sites excluding steroid dienone is 2. The summed E-state index contributed by atoms with van der Waals surface area (Å²) in [6.07, 6.45) is 24.3. The number of fused-ring (bicyclic) bond motifs is 1. The maximum Gasteiger partial charge on any atom is 0.302 e. The number of aliphatic hydroxyl groups is 1. The average Bonchev–Trinajstić information content (AvgIpc) is 3.62. The lowest BCUT2D eigenvalue weighted by Gasteiger charge is -2.51. The highest BCUT2D eigenvalue weighted by molar-refractivity contribution is 5.96. The summed E-state index contributed by atoms with van der Waals surface area (Å²) in [5, 5.41) is 9.71. The van der Waals surface area contributed by atoms with Crippen LogP contribution in [0.2, 0.25) is 0 Å². The first-order chi connectivity index (χ1) is 32.3. The Morgan fingerprint density at radius 3 is 1.70 bits per heavy atom. The van der Waals surface area contributed by atoms with Crippen molar-refractivity contribution in [3.8, 4) is 0 Å². The van der Waals surface area contributed by atoms with Crippen LogP contribution in [0.15, 0.2) is 21.8 Å². The molecule has 1 aliphatic heterocycles. The number of hydrogen-bond acceptors (Lipinski definition) is 7. The molecule has 11 unspecified atom stereocenters. The lowest BCUT2D eigenvalue weighted by Crippen LogP contribution is -2.53. The zero-order valence-electron chi connectivity index (χ0n) is 47.8. The summed E-state index contributed by atoms with van der Waals surface area (Å²) in [5.74, 6) is 10.6. The molecule has 398 valence electrons. The lowest BCUT2D eigenvalue weighted by molar-refractivity contribution is -0.216. The third-order valence-electron chi connectivity index (χ3n) is 17.6. The Morgan fingerprint density at radius 1 is 0.652 bits per heavy atom. The molecule has 7 nitrogen and oxygen atoms in total. The van der Waals surface area contributed by atoms with Crippen LogP contribution in [0.5, 0.6) is 0 Å². The Bertz CT molecular complexity index is 1700. The first kappa shape index (κ1) is 61.1. The van der Waals surface area contributed by atoms with Crippen molar-refractivity contribution in [1.82, 2.24) is 0 Å². The largest absolute Gasteiger partial charge is 0.469 e. The van der Waals surface area contributed by atoms with E-state index in [0.717, 1.165) is 80.8 Å². The van der Waals surface area contributed by atoms with E-state index in [9.17, 15) is 19.5 Å². The number of carbonyl (C=O) groups is 3. The van der Waals surface area contributed by atoms with Gasteiger partial charge in [-0.2, -0.15) is 0 Å². The highest BCUT2D eigenvalue weighted by Crippen LogP contribution is 2.46. The maximum atomic E-state index is 11.4. The minimum atomic E-state index is -0.130. The minimum Gasteiger partial charge on any atom is -0.469 e. The van der Waals surface area contributed by atoms with Crippen molar-refractivity contribution in [1.29, 1.82) is 0 Å². The van der Waals surface area contributed by atoms with Crippen LogP contribution in [0, 0.1) is 83.9 Å². The second kappa shape index (κ2) is 29.4. The monoisotopic (exact) mass is 965 g/mol. The van der Waals surface area contributed by atoms with Crippen molar-refractivity contribution in [3.63, 3.8) is 0 Å². The highest BCUT2D eigenvalue weighted by atomic mass is 16.5. The minimum absolute atomic E-state index is 0.0289. The van der Waals surface area contributed by atoms with Crippen LogP contribution in [0.4, 0.5) is 0 Å². The van der Waals surface area contributed by atoms with Gasteiger partial charge in [-0.05, 0) is 192 Å². The van der Waals surface area contributed by atoms with Gasteiger partial charge in [0.25, 0.3) is 0 Å². The fraction of sp³-hybridized carbons (Fsp3) is 0.855. The molecule has 1 aromatic rings. The van der Waals surface area contributed by atoms with E-state index >= 15 is 0 Å². The van der Waals surface area contributed by atoms with Crippen molar-refractivity contribution < 1.29 is 33.4 Å². The molecule has 0 bridgehead atoms. The van der Waals surface area contributed by atoms with Crippen molar-refractivity contribution in [2.24, 2.45) is 76.9 Å². The number of esters is 1. The fourth-order valence-corrected chi connectivity index (χ4v) is 12.4. The van der Waals surface area contributed by atoms with E-state index in [1.165, 1.54) is 106 Å². The van der Waals surface area contributed by atoms with Gasteiger partial charge in [-0.15, -0.1) is 0 Å². The Hall–Kier alpha value is -2.25. The third-order valence-corrected chi connectivity index (χ3v) is 17.6. The van der Waals surface area contributed by atoms with E-state index in [4.69, 9.17) is 13.9 Å². The fourth-order valence-electron chi connectivity index (χ4n) is 12.4. The predicted molar refractivity (Wildman–Crippen MR) is 287 cm³/mol. The molecule has 8 rings (SSSR count). The number of ketones is 2. The molecule has 0 amide bonds. The Morgan fingerprint density at radius 2 is 1.20 bits per heavy atom. The zero-order chi connectivity index (χ0) is 51.7. The van der Waals surface area contributed by atoms with Crippen LogP contribution in [0.3, 0.4) is 0 Å². The van der Waals surface area contributed by atoms with Crippen LogP contribution in [0.1, 0.15) is 237 Å². The summed E-state index contributed by atoms with van der Waals surface area (Å²) < 4.78 is 16.6. The SMILES string of the molecule is CC(=O)OC1CC(C)CCC1C(C)C.CC(C)=C1CCC(C)CC1=O.CC1CCC(C(C)C)C(=O)C1.CC1CCC(C(C)C)C(O)C1.CC1CCC2(CC1)OCC2C.Cc1coc2c1CCC(C)C2. The second-order valence-electron chi connectivity index (χ2n) is 25.4. The van der Waals surface area contributed by atoms with Gasteiger partial charge in [-0.25, -0.2) is 0 Å². The van der Waals surface area contributed by atoms with E-state index < -0.39 is 0 Å². The van der Waals surface area contributed by atoms with Gasteiger partial charge in [0.15, 0.2) is 5.78 Å². The lowest BCUT2D eigenvalue weighted by atomic mass is 9.70. The third kappa shape index (κ3) is 19.9. The predicted octanol–water partition coefficient (Wildman–Crippen LogP) is 16.1. The summed E-state index contributed by atoms with van der Waals surface area (Å²) in [7, 11) is 0. The quantitative estimate of drug-likeness (QED) is 0.237. The normalized spacial score (nSPS) is 34.1. The molecule has 11 atom stereocenters. The van der Waals surface area contributed by atoms with E-state index in [1.807, 2.05) is 20.1 Å². The molecule has 0 aromatic carbocycles. The molecular weight excluding hydrogens is 857 g/mol. The van der Waals surface area contributed by atoms with Crippen LogP contribution < -0.4 is 0 Å². The van der Waals surface area contributed by atoms with E-state index in [1.54, 1.807) is 0 Å². The molecule has 1 saturated heterocycles. The van der Waals surface area contributed by atoms with Gasteiger partial charge >= 0.3 is 5.97 Å². The molecule has 1 spiro atoms. The van der Waals surface area contributed by atoms with Gasteiger partial charge in [-0.3, -0.25) is 14.4 Å². The summed E-state index contributed by atoms with van der Waals surface area (Å²) in [4.78, 5) is 33.8. The average molecular weight is 966 g/mol. The number of aliphatic hydroxyl groups excluding tert-OH is 1. The summed E-state index contributed by atoms with van der Waals surface area (Å²) in [5.41, 5.74) is 5.45. The van der Waals surface area contributed by atoms with Crippen LogP contribution >= 0.6 is 0 Å². The maximum absolute atomic E-state index is 11.4. The number of aryl methyl sites for hydroxylation is 1. The summed E-state index contributed by atoms with van der Waals surface area (Å²) in [6, 6.07) is 0. The number of ether oxygens (including phenoxy) is 2. The van der Waals surface area contributed by atoms with E-state index in [2.05, 4.69) is 96.9 Å². The first-order valence-corrected chi connectivity index (χ1v) is 28.6. The van der Waals surface area contributed by atoms with Crippen molar-refractivity contribution in [3.05, 3.63) is 34.3 Å². The second-order valence-corrected chi connectivity index (χ2v) is 25.4. The number of Topliss-reactive ketones (excluding diaryl/α,β-unsaturated/α-hetero) is 2. The van der Waals surface area contributed by atoms with Crippen LogP contribution in [-0.4, -0.2) is 47.1 Å². The summed E-state index contributed by atoms with van der Waals surface area (Å²) >= 11 is 0. The Kier molecular flexibility index (Phi) is 26.1. The Balaban J connectivity index is 0.000000220. The molecule has 1 N–H and O–H groups in total. The van der Waals surface area contributed by atoms with Gasteiger partial charge < -0.3 is 19.0 Å². The first-order valence-electron chi connectivity index (χ1n) is 28.6. The highest BCUT2D eigenvalue weighted by Gasteiger charge is 2.46. The molecule has 6 fully saturated rings. The molecule has 7 aliphatic rings. The van der Waals surface area contributed by atoms with Crippen molar-refractivity contribution >= 4 is 17.5 Å².